The van der Waals surface area contributed by atoms with Crippen LogP contribution >= 0.6 is 12.2 Å². The highest BCUT2D eigenvalue weighted by Gasteiger charge is 2.15. The molecular formula is C14H19NO4S. The third-order valence-corrected chi connectivity index (χ3v) is 2.85. The fourth-order valence-electron chi connectivity index (χ4n) is 1.40. The Kier molecular flexibility index (Phi) is 7.57. The molecule has 1 aliphatic heterocycles. The van der Waals surface area contributed by atoms with E-state index in [-0.39, 0.29) is 18.8 Å². The molecule has 0 aromatic heterocycles. The standard InChI is InChI=1S/C14H19NO4S/c1-2-3-11-18-13(16)8-9-14(17)19-15-10-6-4-5-7-12(15)20/h4-7H,2-3,8-11H2,1H3. The van der Waals surface area contributed by atoms with Crippen molar-refractivity contribution in [2.75, 3.05) is 13.2 Å². The summed E-state index contributed by atoms with van der Waals surface area (Å²) >= 11 is 5.07. The lowest BCUT2D eigenvalue weighted by molar-refractivity contribution is -0.172. The summed E-state index contributed by atoms with van der Waals surface area (Å²) < 4.78 is 4.96. The summed E-state index contributed by atoms with van der Waals surface area (Å²) in [4.78, 5) is 28.5. The lowest BCUT2D eigenvalue weighted by atomic mass is 10.3. The van der Waals surface area contributed by atoms with Crippen molar-refractivity contribution in [1.82, 2.24) is 5.06 Å². The molecule has 1 aliphatic rings. The molecule has 0 aliphatic carbocycles. The van der Waals surface area contributed by atoms with Crippen LogP contribution in [0.1, 0.15) is 32.6 Å². The number of allylic oxidation sites excluding steroid dienone is 2. The number of thiocarbonyl (C=S) groups is 1. The number of unbranched alkanes of at least 4 members (excludes halogenated alkanes) is 1. The lowest BCUT2D eigenvalue weighted by Crippen LogP contribution is -2.31. The highest BCUT2D eigenvalue weighted by atomic mass is 32.1. The molecule has 110 valence electrons. The van der Waals surface area contributed by atoms with Crippen LogP contribution in [0.4, 0.5) is 0 Å². The SMILES string of the molecule is CCCCOC(=O)CCC(=O)ON1CC=CC=CC1=S. The van der Waals surface area contributed by atoms with E-state index in [1.807, 2.05) is 19.1 Å². The fraction of sp³-hybridized carbons (Fsp3) is 0.500. The molecule has 0 radical (unpaired) electrons. The van der Waals surface area contributed by atoms with Crippen LogP contribution in [-0.4, -0.2) is 35.1 Å². The molecule has 0 saturated heterocycles. The maximum absolute atomic E-state index is 11.6. The van der Waals surface area contributed by atoms with E-state index in [2.05, 4.69) is 0 Å². The number of carbonyl (C=O) groups is 2. The van der Waals surface area contributed by atoms with Gasteiger partial charge in [0, 0.05) is 0 Å². The third kappa shape index (κ3) is 6.47. The molecule has 0 fully saturated rings. The summed E-state index contributed by atoms with van der Waals surface area (Å²) in [5.74, 6) is -0.878. The second-order valence-corrected chi connectivity index (χ2v) is 4.64. The lowest BCUT2D eigenvalue weighted by Gasteiger charge is -2.19. The van der Waals surface area contributed by atoms with Gasteiger partial charge in [0.1, 0.15) is 4.99 Å². The van der Waals surface area contributed by atoms with Gasteiger partial charge in [-0.1, -0.05) is 43.8 Å². The van der Waals surface area contributed by atoms with E-state index in [1.54, 1.807) is 12.2 Å². The van der Waals surface area contributed by atoms with Crippen molar-refractivity contribution in [1.29, 1.82) is 0 Å². The number of rotatable bonds is 7. The number of hydroxylamine groups is 2. The first-order valence-corrected chi connectivity index (χ1v) is 7.05. The molecule has 1 heterocycles. The second kappa shape index (κ2) is 9.25. The van der Waals surface area contributed by atoms with Crippen LogP contribution < -0.4 is 0 Å². The average molecular weight is 297 g/mol. The van der Waals surface area contributed by atoms with Gasteiger partial charge in [-0.2, -0.15) is 5.06 Å². The van der Waals surface area contributed by atoms with E-state index in [0.717, 1.165) is 12.8 Å². The Labute approximate surface area is 124 Å². The summed E-state index contributed by atoms with van der Waals surface area (Å²) in [6.07, 6.45) is 8.89. The summed E-state index contributed by atoms with van der Waals surface area (Å²) in [6, 6.07) is 0. The first-order chi connectivity index (χ1) is 9.63. The number of hydrogen-bond acceptors (Lipinski definition) is 5. The molecule has 0 spiro atoms. The van der Waals surface area contributed by atoms with Crippen molar-refractivity contribution in [2.24, 2.45) is 0 Å². The number of ether oxygens (including phenoxy) is 1. The zero-order valence-electron chi connectivity index (χ0n) is 11.5. The zero-order valence-corrected chi connectivity index (χ0v) is 12.4. The molecule has 6 heteroatoms. The molecule has 5 nitrogen and oxygen atoms in total. The normalized spacial score (nSPS) is 14.1. The van der Waals surface area contributed by atoms with Crippen molar-refractivity contribution < 1.29 is 19.2 Å². The maximum atomic E-state index is 11.6. The first-order valence-electron chi connectivity index (χ1n) is 6.64. The van der Waals surface area contributed by atoms with Crippen molar-refractivity contribution >= 4 is 29.1 Å². The van der Waals surface area contributed by atoms with Crippen LogP contribution in [0.15, 0.2) is 24.3 Å². The Balaban J connectivity index is 2.26. The van der Waals surface area contributed by atoms with Crippen LogP contribution in [0.3, 0.4) is 0 Å². The van der Waals surface area contributed by atoms with Crippen LogP contribution in [0.25, 0.3) is 0 Å². The Morgan fingerprint density at radius 3 is 2.80 bits per heavy atom. The van der Waals surface area contributed by atoms with Gasteiger partial charge in [0.2, 0.25) is 0 Å². The predicted octanol–water partition coefficient (Wildman–Crippen LogP) is 2.32. The van der Waals surface area contributed by atoms with Gasteiger partial charge in [0.25, 0.3) is 0 Å². The van der Waals surface area contributed by atoms with Gasteiger partial charge in [-0.3, -0.25) is 4.79 Å². The van der Waals surface area contributed by atoms with E-state index in [0.29, 0.717) is 18.1 Å². The smallest absolute Gasteiger partial charge is 0.333 e. The van der Waals surface area contributed by atoms with Gasteiger partial charge in [0.15, 0.2) is 0 Å². The van der Waals surface area contributed by atoms with Crippen molar-refractivity contribution in [2.45, 2.75) is 32.6 Å². The first kappa shape index (κ1) is 16.4. The van der Waals surface area contributed by atoms with Gasteiger partial charge in [-0.15, -0.1) is 0 Å². The minimum absolute atomic E-state index is 0.0164. The maximum Gasteiger partial charge on any atom is 0.333 e. The molecule has 0 unspecified atom stereocenters. The largest absolute Gasteiger partial charge is 0.466 e. The molecule has 1 rings (SSSR count). The molecule has 0 saturated carbocycles. The molecule has 0 N–H and O–H groups in total. The van der Waals surface area contributed by atoms with Gasteiger partial charge in [0.05, 0.1) is 26.0 Å². The minimum Gasteiger partial charge on any atom is -0.466 e. The number of hydrogen-bond donors (Lipinski definition) is 0. The van der Waals surface area contributed by atoms with E-state index in [1.165, 1.54) is 5.06 Å². The summed E-state index contributed by atoms with van der Waals surface area (Å²) in [5, 5.41) is 1.32. The fourth-order valence-corrected chi connectivity index (χ4v) is 1.59. The van der Waals surface area contributed by atoms with Crippen LogP contribution in [-0.2, 0) is 19.2 Å². The molecule has 0 aromatic rings. The van der Waals surface area contributed by atoms with Crippen molar-refractivity contribution in [3.63, 3.8) is 0 Å². The molecule has 0 aromatic carbocycles. The van der Waals surface area contributed by atoms with Crippen LogP contribution in [0, 0.1) is 0 Å². The Hall–Kier alpha value is -1.69. The zero-order chi connectivity index (χ0) is 14.8. The second-order valence-electron chi connectivity index (χ2n) is 4.22. The molecule has 0 amide bonds. The average Bonchev–Trinajstić information content (AvgIpc) is 2.62. The molecular weight excluding hydrogens is 278 g/mol. The Morgan fingerprint density at radius 1 is 1.30 bits per heavy atom. The third-order valence-electron chi connectivity index (χ3n) is 2.51. The Morgan fingerprint density at radius 2 is 2.05 bits per heavy atom. The summed E-state index contributed by atoms with van der Waals surface area (Å²) in [6.45, 7) is 2.81. The number of nitrogens with zero attached hydrogens (tertiary/aromatic N) is 1. The predicted molar refractivity (Wildman–Crippen MR) is 78.8 cm³/mol. The van der Waals surface area contributed by atoms with E-state index < -0.39 is 5.97 Å². The highest BCUT2D eigenvalue weighted by Crippen LogP contribution is 2.05. The van der Waals surface area contributed by atoms with E-state index in [4.69, 9.17) is 21.8 Å². The van der Waals surface area contributed by atoms with Gasteiger partial charge < -0.3 is 9.57 Å². The van der Waals surface area contributed by atoms with Gasteiger partial charge in [-0.05, 0) is 12.5 Å². The number of esters is 1. The van der Waals surface area contributed by atoms with Gasteiger partial charge >= 0.3 is 11.9 Å². The monoisotopic (exact) mass is 297 g/mol. The molecule has 0 bridgehead atoms. The topological polar surface area (TPSA) is 55.8 Å². The minimum atomic E-state index is -0.497. The van der Waals surface area contributed by atoms with E-state index in [9.17, 15) is 9.59 Å². The molecule has 20 heavy (non-hydrogen) atoms. The van der Waals surface area contributed by atoms with Gasteiger partial charge in [-0.25, -0.2) is 4.79 Å². The summed E-state index contributed by atoms with van der Waals surface area (Å²) in [7, 11) is 0. The quantitative estimate of drug-likeness (QED) is 0.408. The van der Waals surface area contributed by atoms with E-state index >= 15 is 0 Å². The van der Waals surface area contributed by atoms with Crippen molar-refractivity contribution in [3.05, 3.63) is 24.3 Å². The number of carbonyl (C=O) groups excluding carboxylic acids is 2. The summed E-state index contributed by atoms with van der Waals surface area (Å²) in [5.41, 5.74) is 0. The van der Waals surface area contributed by atoms with Crippen molar-refractivity contribution in [3.8, 4) is 0 Å². The highest BCUT2D eigenvalue weighted by molar-refractivity contribution is 7.80. The Bertz CT molecular complexity index is 417. The molecule has 0 atom stereocenters. The van der Waals surface area contributed by atoms with Crippen LogP contribution in [0.5, 0.6) is 0 Å². The van der Waals surface area contributed by atoms with Crippen LogP contribution in [0.2, 0.25) is 0 Å².